The number of anilines is 2. The molecule has 2 aliphatic heterocycles. The predicted molar refractivity (Wildman–Crippen MR) is 123 cm³/mol. The minimum absolute atomic E-state index is 0.0976. The largest absolute Gasteiger partial charge is 0.487 e. The van der Waals surface area contributed by atoms with Crippen molar-refractivity contribution in [1.29, 1.82) is 0 Å². The first-order valence-corrected chi connectivity index (χ1v) is 11.1. The number of halogens is 1. The molecule has 4 atom stereocenters. The minimum Gasteiger partial charge on any atom is -0.487 e. The number of aliphatic hydroxyl groups excluding tert-OH is 1. The van der Waals surface area contributed by atoms with E-state index in [-0.39, 0.29) is 42.9 Å². The van der Waals surface area contributed by atoms with Gasteiger partial charge in [0.1, 0.15) is 23.8 Å². The van der Waals surface area contributed by atoms with Crippen molar-refractivity contribution in [2.75, 3.05) is 37.5 Å². The highest BCUT2D eigenvalue weighted by atomic mass is 19.1. The minimum atomic E-state index is -0.568. The second-order valence-corrected chi connectivity index (χ2v) is 8.29. The Kier molecular flexibility index (Phi) is 7.61. The quantitative estimate of drug-likeness (QED) is 0.438. The second-order valence-electron chi connectivity index (χ2n) is 8.29. The Morgan fingerprint density at radius 3 is 2.62 bits per heavy atom. The van der Waals surface area contributed by atoms with E-state index < -0.39 is 12.1 Å². The molecular formula is C24H28FN3O6. The zero-order valence-corrected chi connectivity index (χ0v) is 18.8. The van der Waals surface area contributed by atoms with Gasteiger partial charge in [0.25, 0.3) is 0 Å². The summed E-state index contributed by atoms with van der Waals surface area (Å²) in [6, 6.07) is 10.3. The third-order valence-electron chi connectivity index (χ3n) is 5.90. The molecule has 0 unspecified atom stereocenters. The fourth-order valence-corrected chi connectivity index (χ4v) is 4.37. The van der Waals surface area contributed by atoms with Crippen LogP contribution in [0.25, 0.3) is 0 Å². The Morgan fingerprint density at radius 2 is 1.88 bits per heavy atom. The molecule has 10 heteroatoms. The highest BCUT2D eigenvalue weighted by Crippen LogP contribution is 2.47. The van der Waals surface area contributed by atoms with Crippen LogP contribution in [0.2, 0.25) is 0 Å². The topological polar surface area (TPSA) is 118 Å². The van der Waals surface area contributed by atoms with Crippen molar-refractivity contribution >= 4 is 23.3 Å². The number of amides is 3. The number of aliphatic hydroxyl groups is 1. The maximum Gasteiger partial charge on any atom is 0.323 e. The van der Waals surface area contributed by atoms with Crippen molar-refractivity contribution in [1.82, 2.24) is 5.32 Å². The van der Waals surface area contributed by atoms with Gasteiger partial charge in [0.15, 0.2) is 0 Å². The van der Waals surface area contributed by atoms with Crippen LogP contribution < -0.4 is 20.7 Å². The molecule has 0 spiro atoms. The van der Waals surface area contributed by atoms with Gasteiger partial charge >= 0.3 is 6.03 Å². The lowest BCUT2D eigenvalue weighted by atomic mass is 9.84. The van der Waals surface area contributed by atoms with Gasteiger partial charge in [-0.1, -0.05) is 0 Å². The number of carbonyl (C=O) groups is 2. The third-order valence-corrected chi connectivity index (χ3v) is 5.90. The summed E-state index contributed by atoms with van der Waals surface area (Å²) in [5.74, 6) is 0.0260. The van der Waals surface area contributed by atoms with Crippen LogP contribution in [0.15, 0.2) is 42.5 Å². The molecule has 34 heavy (non-hydrogen) atoms. The number of benzene rings is 2. The third kappa shape index (κ3) is 5.64. The van der Waals surface area contributed by atoms with Crippen LogP contribution >= 0.6 is 0 Å². The molecule has 3 amide bonds. The second kappa shape index (κ2) is 10.8. The number of ether oxygens (including phenoxy) is 3. The van der Waals surface area contributed by atoms with Gasteiger partial charge in [0.05, 0.1) is 25.7 Å². The molecule has 2 aromatic carbocycles. The molecule has 182 valence electrons. The van der Waals surface area contributed by atoms with Gasteiger partial charge in [0, 0.05) is 36.5 Å². The van der Waals surface area contributed by atoms with Gasteiger partial charge < -0.3 is 35.3 Å². The molecule has 0 radical (unpaired) electrons. The summed E-state index contributed by atoms with van der Waals surface area (Å²) in [6.07, 6.45) is -0.625. The number of rotatable bonds is 8. The van der Waals surface area contributed by atoms with Gasteiger partial charge in [0.2, 0.25) is 5.91 Å². The van der Waals surface area contributed by atoms with E-state index in [1.165, 1.54) is 24.3 Å². The summed E-state index contributed by atoms with van der Waals surface area (Å²) in [6.45, 7) is 0.605. The Labute approximate surface area is 196 Å². The fourth-order valence-electron chi connectivity index (χ4n) is 4.37. The first-order valence-electron chi connectivity index (χ1n) is 11.1. The highest BCUT2D eigenvalue weighted by Gasteiger charge is 2.46. The normalized spacial score (nSPS) is 22.8. The number of carbonyl (C=O) groups excluding carboxylic acids is 2. The van der Waals surface area contributed by atoms with Crippen LogP contribution in [-0.2, 0) is 14.3 Å². The SMILES string of the molecule is COCCNC(=O)C[C@@H]1C[C@H]2c3cc(NC(=O)Nc4ccc(F)cc4)ccc3O[C@H]2[C@@H](CO)O1. The molecule has 4 rings (SSSR count). The summed E-state index contributed by atoms with van der Waals surface area (Å²) in [7, 11) is 1.56. The van der Waals surface area contributed by atoms with Crippen molar-refractivity contribution in [2.24, 2.45) is 0 Å². The molecule has 9 nitrogen and oxygen atoms in total. The monoisotopic (exact) mass is 473 g/mol. The Morgan fingerprint density at radius 1 is 1.15 bits per heavy atom. The summed E-state index contributed by atoms with van der Waals surface area (Å²) < 4.78 is 30.0. The summed E-state index contributed by atoms with van der Waals surface area (Å²) in [4.78, 5) is 24.6. The van der Waals surface area contributed by atoms with Crippen molar-refractivity contribution in [2.45, 2.75) is 37.1 Å². The van der Waals surface area contributed by atoms with Crippen LogP contribution in [-0.4, -0.2) is 62.2 Å². The predicted octanol–water partition coefficient (Wildman–Crippen LogP) is 2.62. The number of urea groups is 1. The van der Waals surface area contributed by atoms with E-state index in [0.29, 0.717) is 36.7 Å². The summed E-state index contributed by atoms with van der Waals surface area (Å²) >= 11 is 0. The van der Waals surface area contributed by atoms with E-state index in [9.17, 15) is 19.1 Å². The average molecular weight is 474 g/mol. The van der Waals surface area contributed by atoms with Crippen molar-refractivity contribution in [3.05, 3.63) is 53.8 Å². The van der Waals surface area contributed by atoms with Gasteiger partial charge in [-0.2, -0.15) is 0 Å². The van der Waals surface area contributed by atoms with Crippen molar-refractivity contribution < 1.29 is 33.3 Å². The standard InChI is InChI=1S/C24H28FN3O6/c1-32-9-8-26-22(30)12-17-11-19-18-10-16(6-7-20(18)34-23(19)21(13-29)33-17)28-24(31)27-15-4-2-14(25)3-5-15/h2-7,10,17,19,21,23,29H,8-9,11-13H2,1H3,(H,26,30)(H2,27,28,31)/t17-,19-,21+,23+/m0/s1. The molecule has 0 saturated carbocycles. The molecule has 1 fully saturated rings. The number of nitrogens with one attached hydrogen (secondary N) is 3. The van der Waals surface area contributed by atoms with E-state index in [4.69, 9.17) is 14.2 Å². The fraction of sp³-hybridized carbons (Fsp3) is 0.417. The molecule has 2 aliphatic rings. The van der Waals surface area contributed by atoms with Crippen LogP contribution in [0.4, 0.5) is 20.6 Å². The summed E-state index contributed by atoms with van der Waals surface area (Å²) in [5.41, 5.74) is 1.91. The van der Waals surface area contributed by atoms with Crippen molar-refractivity contribution in [3.63, 3.8) is 0 Å². The van der Waals surface area contributed by atoms with E-state index in [2.05, 4.69) is 16.0 Å². The number of hydrogen-bond donors (Lipinski definition) is 4. The molecule has 0 bridgehead atoms. The number of methoxy groups -OCH3 is 1. The van der Waals surface area contributed by atoms with E-state index >= 15 is 0 Å². The molecule has 2 aromatic rings. The van der Waals surface area contributed by atoms with E-state index in [1.54, 1.807) is 19.2 Å². The van der Waals surface area contributed by atoms with Crippen LogP contribution in [0.5, 0.6) is 5.75 Å². The maximum atomic E-state index is 13.1. The van der Waals surface area contributed by atoms with Gasteiger partial charge in [-0.15, -0.1) is 0 Å². The number of hydrogen-bond acceptors (Lipinski definition) is 6. The van der Waals surface area contributed by atoms with Crippen molar-refractivity contribution in [3.8, 4) is 5.75 Å². The average Bonchev–Trinajstić information content (AvgIpc) is 3.18. The Bertz CT molecular complexity index is 1020. The molecule has 1 saturated heterocycles. The van der Waals surface area contributed by atoms with Gasteiger partial charge in [-0.3, -0.25) is 4.79 Å². The smallest absolute Gasteiger partial charge is 0.323 e. The first-order chi connectivity index (χ1) is 16.5. The van der Waals surface area contributed by atoms with Crippen LogP contribution in [0, 0.1) is 5.82 Å². The maximum absolute atomic E-state index is 13.1. The van der Waals surface area contributed by atoms with Crippen LogP contribution in [0.3, 0.4) is 0 Å². The van der Waals surface area contributed by atoms with Gasteiger partial charge in [-0.05, 0) is 48.9 Å². The zero-order valence-electron chi connectivity index (χ0n) is 18.8. The number of fused-ring (bicyclic) bond motifs is 3. The molecule has 4 N–H and O–H groups in total. The summed E-state index contributed by atoms with van der Waals surface area (Å²) in [5, 5.41) is 18.1. The Hall–Kier alpha value is -3.21. The molecular weight excluding hydrogens is 445 g/mol. The van der Waals surface area contributed by atoms with E-state index in [0.717, 1.165) is 5.56 Å². The van der Waals surface area contributed by atoms with E-state index in [1.807, 2.05) is 6.07 Å². The lowest BCUT2D eigenvalue weighted by Gasteiger charge is -2.37. The lowest BCUT2D eigenvalue weighted by molar-refractivity contribution is -0.142. The Balaban J connectivity index is 1.42. The first kappa shape index (κ1) is 23.9. The zero-order chi connectivity index (χ0) is 24.1. The molecule has 2 heterocycles. The van der Waals surface area contributed by atoms with Crippen LogP contribution in [0.1, 0.15) is 24.3 Å². The van der Waals surface area contributed by atoms with Gasteiger partial charge in [-0.25, -0.2) is 9.18 Å². The highest BCUT2D eigenvalue weighted by molar-refractivity contribution is 5.99. The lowest BCUT2D eigenvalue weighted by Crippen LogP contribution is -2.47. The molecule has 0 aromatic heterocycles. The molecule has 0 aliphatic carbocycles.